The van der Waals surface area contributed by atoms with Crippen molar-refractivity contribution >= 4 is 11.7 Å². The first-order chi connectivity index (χ1) is 18.9. The molecule has 0 aliphatic heterocycles. The molecule has 0 fully saturated rings. The molecular weight excluding hydrogens is 482 g/mol. The van der Waals surface area contributed by atoms with E-state index in [1.165, 1.54) is 16.8 Å². The van der Waals surface area contributed by atoms with Crippen LogP contribution in [-0.4, -0.2) is 17.1 Å². The van der Waals surface area contributed by atoms with Gasteiger partial charge in [0, 0.05) is 23.8 Å². The highest BCUT2D eigenvalue weighted by atomic mass is 16.5. The average Bonchev–Trinajstić information content (AvgIpc) is 2.96. The minimum absolute atomic E-state index is 0.273. The van der Waals surface area contributed by atoms with Gasteiger partial charge in [0.2, 0.25) is 0 Å². The summed E-state index contributed by atoms with van der Waals surface area (Å²) in [6.45, 7) is 10.0. The van der Waals surface area contributed by atoms with Crippen LogP contribution in [0.25, 0.3) is 11.1 Å². The number of rotatable bonds is 12. The fraction of sp³-hybridized carbons (Fsp3) is 0.286. The van der Waals surface area contributed by atoms with Crippen LogP contribution in [0.1, 0.15) is 73.5 Å². The van der Waals surface area contributed by atoms with Crippen molar-refractivity contribution in [2.45, 2.75) is 65.6 Å². The quantitative estimate of drug-likeness (QED) is 0.202. The minimum atomic E-state index is -0.928. The highest BCUT2D eigenvalue weighted by Crippen LogP contribution is 2.32. The van der Waals surface area contributed by atoms with E-state index in [1.807, 2.05) is 18.2 Å². The number of hydrogen-bond acceptors (Lipinski definition) is 3. The molecule has 0 aliphatic rings. The molecule has 4 aromatic rings. The molecule has 0 aromatic heterocycles. The van der Waals surface area contributed by atoms with Crippen LogP contribution in [0.4, 0.5) is 5.69 Å². The first-order valence-corrected chi connectivity index (χ1v) is 13.9. The Balaban J connectivity index is 1.63. The molecular formula is C35H39NO3. The van der Waals surface area contributed by atoms with Crippen molar-refractivity contribution in [3.8, 4) is 16.9 Å². The van der Waals surface area contributed by atoms with Gasteiger partial charge in [0.1, 0.15) is 12.4 Å². The van der Waals surface area contributed by atoms with E-state index in [-0.39, 0.29) is 5.56 Å². The molecule has 0 aliphatic carbocycles. The molecule has 1 N–H and O–H groups in total. The summed E-state index contributed by atoms with van der Waals surface area (Å²) in [6, 6.07) is 33.0. The maximum atomic E-state index is 11.2. The molecule has 0 heterocycles. The van der Waals surface area contributed by atoms with E-state index in [9.17, 15) is 9.90 Å². The lowest BCUT2D eigenvalue weighted by atomic mass is 9.94. The number of ether oxygens (including phenoxy) is 1. The number of carboxylic acid groups (broad SMARTS) is 1. The highest BCUT2D eigenvalue weighted by molar-refractivity contribution is 5.87. The molecule has 0 radical (unpaired) electrons. The fourth-order valence-corrected chi connectivity index (χ4v) is 5.01. The third kappa shape index (κ3) is 7.08. The molecule has 4 nitrogen and oxygen atoms in total. The van der Waals surface area contributed by atoms with E-state index in [4.69, 9.17) is 4.74 Å². The van der Waals surface area contributed by atoms with Crippen LogP contribution in [0.2, 0.25) is 0 Å². The zero-order chi connectivity index (χ0) is 27.8. The summed E-state index contributed by atoms with van der Waals surface area (Å²) in [7, 11) is 0. The highest BCUT2D eigenvalue weighted by Gasteiger charge is 2.17. The first kappa shape index (κ1) is 28.0. The van der Waals surface area contributed by atoms with Gasteiger partial charge in [0.25, 0.3) is 0 Å². The number of benzene rings is 4. The SMILES string of the molecule is CCC(CC)c1ccc(N(Cc2cc(-c3ccccc3)ccc2OCc2ccc(C(=O)O)cc2)C(C)C)cc1. The number of anilines is 1. The van der Waals surface area contributed by atoms with E-state index in [0.717, 1.165) is 35.3 Å². The second kappa shape index (κ2) is 13.1. The van der Waals surface area contributed by atoms with Crippen molar-refractivity contribution in [3.63, 3.8) is 0 Å². The molecule has 0 amide bonds. The van der Waals surface area contributed by atoms with E-state index in [1.54, 1.807) is 12.1 Å². The molecule has 4 heteroatoms. The largest absolute Gasteiger partial charge is 0.489 e. The zero-order valence-electron chi connectivity index (χ0n) is 23.4. The standard InChI is InChI=1S/C35H39NO3/c1-5-27(6-2)29-16-19-33(20-17-29)36(25(3)4)23-32-22-31(28-10-8-7-9-11-28)18-21-34(32)39-24-26-12-14-30(15-13-26)35(37)38/h7-22,25,27H,5-6,23-24H2,1-4H3,(H,37,38). The summed E-state index contributed by atoms with van der Waals surface area (Å²) in [5, 5.41) is 9.19. The van der Waals surface area contributed by atoms with Crippen LogP contribution in [0.5, 0.6) is 5.75 Å². The van der Waals surface area contributed by atoms with Gasteiger partial charge in [-0.2, -0.15) is 0 Å². The smallest absolute Gasteiger partial charge is 0.335 e. The third-order valence-corrected chi connectivity index (χ3v) is 7.41. The summed E-state index contributed by atoms with van der Waals surface area (Å²) in [5.41, 5.74) is 7.22. The Hall–Kier alpha value is -4.05. The predicted molar refractivity (Wildman–Crippen MR) is 161 cm³/mol. The Kier molecular flexibility index (Phi) is 9.43. The lowest BCUT2D eigenvalue weighted by Crippen LogP contribution is -2.30. The van der Waals surface area contributed by atoms with Crippen molar-refractivity contribution in [1.82, 2.24) is 0 Å². The van der Waals surface area contributed by atoms with Gasteiger partial charge >= 0.3 is 5.97 Å². The van der Waals surface area contributed by atoms with Crippen LogP contribution < -0.4 is 9.64 Å². The lowest BCUT2D eigenvalue weighted by molar-refractivity contribution is 0.0697. The van der Waals surface area contributed by atoms with Crippen LogP contribution in [0.15, 0.2) is 97.1 Å². The molecule has 0 bridgehead atoms. The van der Waals surface area contributed by atoms with Gasteiger partial charge in [0.15, 0.2) is 0 Å². The number of aromatic carboxylic acids is 1. The Labute approximate surface area is 232 Å². The first-order valence-electron chi connectivity index (χ1n) is 13.9. The van der Waals surface area contributed by atoms with Gasteiger partial charge in [0.05, 0.1) is 5.56 Å². The molecule has 4 rings (SSSR count). The monoisotopic (exact) mass is 521 g/mol. The van der Waals surface area contributed by atoms with Gasteiger partial charge in [-0.25, -0.2) is 4.79 Å². The molecule has 0 unspecified atom stereocenters. The fourth-order valence-electron chi connectivity index (χ4n) is 5.01. The average molecular weight is 522 g/mol. The topological polar surface area (TPSA) is 49.8 Å². The maximum Gasteiger partial charge on any atom is 0.335 e. The Bertz CT molecular complexity index is 1340. The van der Waals surface area contributed by atoms with E-state index < -0.39 is 5.97 Å². The Morgan fingerprint density at radius 2 is 1.49 bits per heavy atom. The molecule has 0 atom stereocenters. The van der Waals surface area contributed by atoms with Gasteiger partial charge in [-0.15, -0.1) is 0 Å². The van der Waals surface area contributed by atoms with Crippen molar-refractivity contribution in [2.75, 3.05) is 4.90 Å². The minimum Gasteiger partial charge on any atom is -0.489 e. The second-order valence-corrected chi connectivity index (χ2v) is 10.3. The third-order valence-electron chi connectivity index (χ3n) is 7.41. The van der Waals surface area contributed by atoms with Crippen molar-refractivity contribution in [1.29, 1.82) is 0 Å². The molecule has 39 heavy (non-hydrogen) atoms. The molecule has 202 valence electrons. The van der Waals surface area contributed by atoms with Gasteiger partial charge in [-0.3, -0.25) is 0 Å². The molecule has 0 saturated carbocycles. The van der Waals surface area contributed by atoms with Crippen molar-refractivity contribution in [2.24, 2.45) is 0 Å². The van der Waals surface area contributed by atoms with Gasteiger partial charge < -0.3 is 14.7 Å². The van der Waals surface area contributed by atoms with Crippen molar-refractivity contribution < 1.29 is 14.6 Å². The van der Waals surface area contributed by atoms with Gasteiger partial charge in [-0.1, -0.05) is 74.5 Å². The normalized spacial score (nSPS) is 11.1. The van der Waals surface area contributed by atoms with E-state index >= 15 is 0 Å². The molecule has 4 aromatic carbocycles. The lowest BCUT2D eigenvalue weighted by Gasteiger charge is -2.30. The zero-order valence-corrected chi connectivity index (χ0v) is 23.4. The van der Waals surface area contributed by atoms with Crippen molar-refractivity contribution in [3.05, 3.63) is 119 Å². The Morgan fingerprint density at radius 1 is 0.821 bits per heavy atom. The predicted octanol–water partition coefficient (Wildman–Crippen LogP) is 8.95. The second-order valence-electron chi connectivity index (χ2n) is 10.3. The summed E-state index contributed by atoms with van der Waals surface area (Å²) in [4.78, 5) is 13.6. The van der Waals surface area contributed by atoms with Crippen LogP contribution >= 0.6 is 0 Å². The van der Waals surface area contributed by atoms with Gasteiger partial charge in [-0.05, 0) is 91.3 Å². The van der Waals surface area contributed by atoms with Crippen LogP contribution in [0.3, 0.4) is 0 Å². The summed E-state index contributed by atoms with van der Waals surface area (Å²) < 4.78 is 6.34. The summed E-state index contributed by atoms with van der Waals surface area (Å²) >= 11 is 0. The van der Waals surface area contributed by atoms with Crippen LogP contribution in [-0.2, 0) is 13.2 Å². The summed E-state index contributed by atoms with van der Waals surface area (Å²) in [5.74, 6) is 0.498. The number of nitrogens with zero attached hydrogens (tertiary/aromatic N) is 1. The number of hydrogen-bond donors (Lipinski definition) is 1. The van der Waals surface area contributed by atoms with Crippen LogP contribution in [0, 0.1) is 0 Å². The molecule has 0 saturated heterocycles. The number of carboxylic acids is 1. The number of carbonyl (C=O) groups is 1. The molecule has 0 spiro atoms. The summed E-state index contributed by atoms with van der Waals surface area (Å²) in [6.07, 6.45) is 2.30. The van der Waals surface area contributed by atoms with E-state index in [2.05, 4.69) is 99.3 Å². The Morgan fingerprint density at radius 3 is 2.08 bits per heavy atom. The van der Waals surface area contributed by atoms with E-state index in [0.29, 0.717) is 25.1 Å². The maximum absolute atomic E-state index is 11.2.